The Balaban J connectivity index is 2.39. The molecule has 0 spiro atoms. The Morgan fingerprint density at radius 3 is 2.78 bits per heavy atom. The average Bonchev–Trinajstić information content (AvgIpc) is 2.67. The molecule has 0 bridgehead atoms. The zero-order valence-corrected chi connectivity index (χ0v) is 9.92. The summed E-state index contributed by atoms with van der Waals surface area (Å²) >= 11 is 0. The van der Waals surface area contributed by atoms with E-state index in [1.165, 1.54) is 24.1 Å². The van der Waals surface area contributed by atoms with Crippen LogP contribution in [0.2, 0.25) is 0 Å². The Labute approximate surface area is 104 Å². The van der Waals surface area contributed by atoms with E-state index in [1.54, 1.807) is 6.07 Å². The summed E-state index contributed by atoms with van der Waals surface area (Å²) in [6, 6.07) is 4.21. The number of carbonyl (C=O) groups is 2. The second kappa shape index (κ2) is 4.66. The molecule has 1 fully saturated rings. The molecule has 18 heavy (non-hydrogen) atoms. The van der Waals surface area contributed by atoms with E-state index in [4.69, 9.17) is 15.6 Å². The van der Waals surface area contributed by atoms with Gasteiger partial charge in [-0.05, 0) is 18.2 Å². The van der Waals surface area contributed by atoms with Gasteiger partial charge in [0, 0.05) is 19.0 Å². The van der Waals surface area contributed by atoms with Crippen LogP contribution >= 0.6 is 0 Å². The van der Waals surface area contributed by atoms with E-state index < -0.39 is 5.97 Å². The van der Waals surface area contributed by atoms with Crippen LogP contribution in [-0.2, 0) is 4.79 Å². The molecule has 3 N–H and O–H groups in total. The lowest BCUT2D eigenvalue weighted by Gasteiger charge is -2.19. The highest BCUT2D eigenvalue weighted by atomic mass is 16.5. The van der Waals surface area contributed by atoms with E-state index in [2.05, 4.69) is 0 Å². The number of carboxylic acid groups (broad SMARTS) is 1. The molecule has 1 saturated heterocycles. The van der Waals surface area contributed by atoms with E-state index >= 15 is 0 Å². The van der Waals surface area contributed by atoms with Gasteiger partial charge >= 0.3 is 5.97 Å². The van der Waals surface area contributed by atoms with Gasteiger partial charge in [-0.25, -0.2) is 4.79 Å². The average molecular weight is 250 g/mol. The highest BCUT2D eigenvalue weighted by Crippen LogP contribution is 2.32. The number of aromatic carboxylic acids is 1. The molecular formula is C12H14N2O4. The molecule has 0 radical (unpaired) electrons. The molecule has 1 unspecified atom stereocenters. The van der Waals surface area contributed by atoms with Gasteiger partial charge in [0.25, 0.3) is 0 Å². The molecule has 1 aliphatic rings. The van der Waals surface area contributed by atoms with E-state index in [1.807, 2.05) is 0 Å². The molecule has 96 valence electrons. The Hall–Kier alpha value is -2.08. The summed E-state index contributed by atoms with van der Waals surface area (Å²) in [5, 5.41) is 8.90. The van der Waals surface area contributed by atoms with E-state index in [-0.39, 0.29) is 17.5 Å². The minimum Gasteiger partial charge on any atom is -0.495 e. The third kappa shape index (κ3) is 2.14. The molecule has 1 aromatic carbocycles. The normalized spacial score (nSPS) is 19.1. The number of rotatable bonds is 3. The maximum absolute atomic E-state index is 11.7. The highest BCUT2D eigenvalue weighted by molar-refractivity contribution is 5.98. The van der Waals surface area contributed by atoms with Gasteiger partial charge < -0.3 is 20.5 Å². The van der Waals surface area contributed by atoms with Crippen molar-refractivity contribution in [2.75, 3.05) is 18.6 Å². The molecule has 1 atom stereocenters. The van der Waals surface area contributed by atoms with Crippen molar-refractivity contribution < 1.29 is 19.4 Å². The Bertz CT molecular complexity index is 501. The number of hydrogen-bond donors (Lipinski definition) is 2. The molecular weight excluding hydrogens is 236 g/mol. The summed E-state index contributed by atoms with van der Waals surface area (Å²) in [6.45, 7) is 0.418. The fraction of sp³-hybridized carbons (Fsp3) is 0.333. The van der Waals surface area contributed by atoms with Crippen LogP contribution in [0.5, 0.6) is 5.75 Å². The molecule has 6 nitrogen and oxygen atoms in total. The molecule has 1 heterocycles. The fourth-order valence-electron chi connectivity index (χ4n) is 2.00. The van der Waals surface area contributed by atoms with E-state index in [9.17, 15) is 9.59 Å². The molecule has 2 rings (SSSR count). The zero-order valence-electron chi connectivity index (χ0n) is 9.92. The molecule has 1 aromatic rings. The number of carboxylic acids is 1. The van der Waals surface area contributed by atoms with Crippen molar-refractivity contribution in [3.8, 4) is 5.75 Å². The molecule has 0 saturated carbocycles. The summed E-state index contributed by atoms with van der Waals surface area (Å²) in [6.07, 6.45) is 0.295. The number of hydrogen-bond acceptors (Lipinski definition) is 4. The maximum atomic E-state index is 11.7. The minimum absolute atomic E-state index is 0.0797. The van der Waals surface area contributed by atoms with Gasteiger partial charge in [-0.3, -0.25) is 4.79 Å². The lowest BCUT2D eigenvalue weighted by atomic mass is 10.2. The van der Waals surface area contributed by atoms with Crippen molar-refractivity contribution in [1.82, 2.24) is 0 Å². The predicted molar refractivity (Wildman–Crippen MR) is 64.9 cm³/mol. The van der Waals surface area contributed by atoms with Crippen LogP contribution in [0.4, 0.5) is 5.69 Å². The summed E-state index contributed by atoms with van der Waals surface area (Å²) in [7, 11) is 1.44. The Morgan fingerprint density at radius 1 is 1.56 bits per heavy atom. The summed E-state index contributed by atoms with van der Waals surface area (Å²) in [5.41, 5.74) is 6.40. The van der Waals surface area contributed by atoms with Gasteiger partial charge in [-0.1, -0.05) is 0 Å². The standard InChI is InChI=1S/C12H14N2O4/c1-18-10-4-7(12(16)17)2-3-9(10)14-6-8(13)5-11(14)15/h2-4,8H,5-6,13H2,1H3,(H,16,17). The number of nitrogens with two attached hydrogens (primary N) is 1. The van der Waals surface area contributed by atoms with Crippen LogP contribution < -0.4 is 15.4 Å². The zero-order chi connectivity index (χ0) is 13.3. The SMILES string of the molecule is COc1cc(C(=O)O)ccc1N1CC(N)CC1=O. The van der Waals surface area contributed by atoms with Crippen molar-refractivity contribution in [2.45, 2.75) is 12.5 Å². The van der Waals surface area contributed by atoms with Crippen LogP contribution in [0.15, 0.2) is 18.2 Å². The van der Waals surface area contributed by atoms with Gasteiger partial charge in [0.1, 0.15) is 5.75 Å². The number of ether oxygens (including phenoxy) is 1. The van der Waals surface area contributed by atoms with E-state index in [0.29, 0.717) is 24.4 Å². The summed E-state index contributed by atoms with van der Waals surface area (Å²) in [5.74, 6) is -0.759. The third-order valence-electron chi connectivity index (χ3n) is 2.87. The lowest BCUT2D eigenvalue weighted by molar-refractivity contribution is -0.117. The molecule has 0 aliphatic carbocycles. The third-order valence-corrected chi connectivity index (χ3v) is 2.87. The van der Waals surface area contributed by atoms with Gasteiger partial charge in [0.15, 0.2) is 0 Å². The first-order valence-electron chi connectivity index (χ1n) is 5.50. The Kier molecular flexibility index (Phi) is 3.20. The quantitative estimate of drug-likeness (QED) is 0.812. The number of benzene rings is 1. The lowest BCUT2D eigenvalue weighted by Crippen LogP contribution is -2.28. The van der Waals surface area contributed by atoms with Crippen molar-refractivity contribution in [3.05, 3.63) is 23.8 Å². The highest BCUT2D eigenvalue weighted by Gasteiger charge is 2.30. The summed E-state index contributed by atoms with van der Waals surface area (Å²) in [4.78, 5) is 24.1. The topological polar surface area (TPSA) is 92.9 Å². The van der Waals surface area contributed by atoms with Crippen molar-refractivity contribution in [3.63, 3.8) is 0 Å². The maximum Gasteiger partial charge on any atom is 0.335 e. The molecule has 1 amide bonds. The number of nitrogens with zero attached hydrogens (tertiary/aromatic N) is 1. The number of anilines is 1. The first-order valence-corrected chi connectivity index (χ1v) is 5.50. The number of amides is 1. The smallest absolute Gasteiger partial charge is 0.335 e. The van der Waals surface area contributed by atoms with Crippen LogP contribution in [-0.4, -0.2) is 36.7 Å². The predicted octanol–water partition coefficient (Wildman–Crippen LogP) is 0.457. The largest absolute Gasteiger partial charge is 0.495 e. The van der Waals surface area contributed by atoms with Gasteiger partial charge in [0.2, 0.25) is 5.91 Å². The summed E-state index contributed by atoms with van der Waals surface area (Å²) < 4.78 is 5.13. The number of carbonyl (C=O) groups excluding carboxylic acids is 1. The van der Waals surface area contributed by atoms with Crippen LogP contribution in [0.3, 0.4) is 0 Å². The van der Waals surface area contributed by atoms with Crippen molar-refractivity contribution in [1.29, 1.82) is 0 Å². The van der Waals surface area contributed by atoms with E-state index in [0.717, 1.165) is 0 Å². The van der Waals surface area contributed by atoms with Gasteiger partial charge in [0.05, 0.1) is 18.4 Å². The Morgan fingerprint density at radius 2 is 2.28 bits per heavy atom. The first-order chi connectivity index (χ1) is 8.52. The van der Waals surface area contributed by atoms with Gasteiger partial charge in [-0.15, -0.1) is 0 Å². The minimum atomic E-state index is -1.04. The molecule has 6 heteroatoms. The number of methoxy groups -OCH3 is 1. The van der Waals surface area contributed by atoms with Crippen molar-refractivity contribution >= 4 is 17.6 Å². The molecule has 1 aliphatic heterocycles. The van der Waals surface area contributed by atoms with Gasteiger partial charge in [-0.2, -0.15) is 0 Å². The van der Waals surface area contributed by atoms with Crippen molar-refractivity contribution in [2.24, 2.45) is 5.73 Å². The molecule has 0 aromatic heterocycles. The fourth-order valence-corrected chi connectivity index (χ4v) is 2.00. The second-order valence-electron chi connectivity index (χ2n) is 4.16. The first kappa shape index (κ1) is 12.4. The van der Waals surface area contributed by atoms with Crippen LogP contribution in [0.25, 0.3) is 0 Å². The second-order valence-corrected chi connectivity index (χ2v) is 4.16. The monoisotopic (exact) mass is 250 g/mol. The van der Waals surface area contributed by atoms with Crippen LogP contribution in [0, 0.1) is 0 Å². The van der Waals surface area contributed by atoms with Crippen LogP contribution in [0.1, 0.15) is 16.8 Å².